The van der Waals surface area contributed by atoms with Crippen LogP contribution in [-0.4, -0.2) is 9.91 Å². The van der Waals surface area contributed by atoms with Crippen molar-refractivity contribution in [1.82, 2.24) is 4.98 Å². The van der Waals surface area contributed by atoms with Crippen molar-refractivity contribution in [3.8, 4) is 28.5 Å². The molecule has 0 saturated carbocycles. The average Bonchev–Trinajstić information content (AvgIpc) is 2.61. The Bertz CT molecular complexity index is 1070. The largest absolute Gasteiger partial charge is 0.321 e. The van der Waals surface area contributed by atoms with E-state index in [1.54, 1.807) is 24.3 Å². The highest BCUT2D eigenvalue weighted by molar-refractivity contribution is 9.10. The highest BCUT2D eigenvalue weighted by Crippen LogP contribution is 2.28. The number of hydrogen-bond donors (Lipinski definition) is 1. The molecule has 0 saturated heterocycles. The Morgan fingerprint density at radius 3 is 2.40 bits per heavy atom. The molecule has 3 rings (SSSR count). The van der Waals surface area contributed by atoms with Gasteiger partial charge >= 0.3 is 0 Å². The number of halogens is 1. The third-order valence-corrected chi connectivity index (χ3v) is 4.16. The molecule has 1 N–H and O–H groups in total. The molecule has 0 amide bonds. The predicted octanol–water partition coefficient (Wildman–Crippen LogP) is 4.25. The first-order valence-corrected chi connectivity index (χ1v) is 7.97. The molecule has 0 aliphatic carbocycles. The minimum absolute atomic E-state index is 0.0174. The zero-order chi connectivity index (χ0) is 18.0. The van der Waals surface area contributed by atoms with Crippen LogP contribution in [0.1, 0.15) is 5.56 Å². The average molecular weight is 396 g/mol. The third kappa shape index (κ3) is 3.34. The summed E-state index contributed by atoms with van der Waals surface area (Å²) in [4.78, 5) is 25.2. The van der Waals surface area contributed by atoms with Gasteiger partial charge in [0, 0.05) is 27.9 Å². The van der Waals surface area contributed by atoms with Gasteiger partial charge in [0.15, 0.2) is 0 Å². The number of benzene rings is 2. The van der Waals surface area contributed by atoms with Gasteiger partial charge in [0.25, 0.3) is 11.2 Å². The number of aromatic amines is 1. The number of rotatable bonds is 3. The molecule has 1 aromatic heterocycles. The first kappa shape index (κ1) is 16.6. The molecule has 122 valence electrons. The van der Waals surface area contributed by atoms with E-state index >= 15 is 0 Å². The van der Waals surface area contributed by atoms with E-state index in [1.807, 2.05) is 24.3 Å². The first-order valence-electron chi connectivity index (χ1n) is 7.18. The van der Waals surface area contributed by atoms with Crippen LogP contribution in [0.4, 0.5) is 5.69 Å². The van der Waals surface area contributed by atoms with Crippen molar-refractivity contribution < 1.29 is 4.92 Å². The van der Waals surface area contributed by atoms with Crippen LogP contribution in [-0.2, 0) is 0 Å². The molecule has 2 aromatic carbocycles. The summed E-state index contributed by atoms with van der Waals surface area (Å²) >= 11 is 3.38. The van der Waals surface area contributed by atoms with Crippen LogP contribution < -0.4 is 5.56 Å². The molecule has 3 aromatic rings. The van der Waals surface area contributed by atoms with Crippen molar-refractivity contribution in [2.75, 3.05) is 0 Å². The maximum atomic E-state index is 12.3. The monoisotopic (exact) mass is 395 g/mol. The van der Waals surface area contributed by atoms with E-state index in [1.165, 1.54) is 12.1 Å². The van der Waals surface area contributed by atoms with Gasteiger partial charge in [-0.15, -0.1) is 0 Å². The number of hydrogen-bond acceptors (Lipinski definition) is 4. The van der Waals surface area contributed by atoms with Crippen LogP contribution in [0.15, 0.2) is 63.9 Å². The summed E-state index contributed by atoms with van der Waals surface area (Å²) in [6.07, 6.45) is 0. The molecular formula is C18H10BrN3O3. The topological polar surface area (TPSA) is 99.8 Å². The lowest BCUT2D eigenvalue weighted by molar-refractivity contribution is -0.384. The van der Waals surface area contributed by atoms with Crippen LogP contribution in [0.2, 0.25) is 0 Å². The molecule has 0 spiro atoms. The number of nitro groups is 1. The fraction of sp³-hybridized carbons (Fsp3) is 0. The van der Waals surface area contributed by atoms with Crippen molar-refractivity contribution in [2.24, 2.45) is 0 Å². The lowest BCUT2D eigenvalue weighted by atomic mass is 9.99. The molecule has 0 aliphatic rings. The van der Waals surface area contributed by atoms with Gasteiger partial charge in [-0.05, 0) is 41.5 Å². The smallest absolute Gasteiger partial charge is 0.269 e. The number of non-ortho nitro benzene ring substituents is 1. The second-order valence-corrected chi connectivity index (χ2v) is 6.14. The number of nitro benzene ring substituents is 1. The SMILES string of the molecule is N#Cc1c(-c2cccc(Br)c2)cc(-c2ccc([N+](=O)[O-])cc2)[nH]c1=O. The number of nitrogens with one attached hydrogen (secondary N) is 1. The summed E-state index contributed by atoms with van der Waals surface area (Å²) in [5, 5.41) is 20.1. The fourth-order valence-corrected chi connectivity index (χ4v) is 2.87. The minimum atomic E-state index is -0.506. The molecule has 0 unspecified atom stereocenters. The van der Waals surface area contributed by atoms with Crippen molar-refractivity contribution in [2.45, 2.75) is 0 Å². The van der Waals surface area contributed by atoms with E-state index in [-0.39, 0.29) is 11.3 Å². The number of H-pyrrole nitrogens is 1. The Kier molecular flexibility index (Phi) is 4.46. The highest BCUT2D eigenvalue weighted by Gasteiger charge is 2.13. The summed E-state index contributed by atoms with van der Waals surface area (Å²) in [7, 11) is 0. The van der Waals surface area contributed by atoms with E-state index in [9.17, 15) is 20.2 Å². The van der Waals surface area contributed by atoms with Gasteiger partial charge < -0.3 is 4.98 Å². The summed E-state index contributed by atoms with van der Waals surface area (Å²) in [6, 6.07) is 16.8. The zero-order valence-corrected chi connectivity index (χ0v) is 14.3. The first-order chi connectivity index (χ1) is 12.0. The van der Waals surface area contributed by atoms with Crippen molar-refractivity contribution in [1.29, 1.82) is 5.26 Å². The summed E-state index contributed by atoms with van der Waals surface area (Å²) in [6.45, 7) is 0. The van der Waals surface area contributed by atoms with Gasteiger partial charge in [0.2, 0.25) is 0 Å². The second kappa shape index (κ2) is 6.71. The van der Waals surface area contributed by atoms with Crippen molar-refractivity contribution in [3.05, 3.63) is 85.1 Å². The molecule has 0 bridgehead atoms. The molecule has 0 radical (unpaired) electrons. The van der Waals surface area contributed by atoms with Crippen LogP contribution in [0.5, 0.6) is 0 Å². The van der Waals surface area contributed by atoms with E-state index in [2.05, 4.69) is 20.9 Å². The van der Waals surface area contributed by atoms with Gasteiger partial charge in [0.05, 0.1) is 4.92 Å². The van der Waals surface area contributed by atoms with E-state index in [0.29, 0.717) is 16.8 Å². The number of nitriles is 1. The molecule has 7 heteroatoms. The maximum Gasteiger partial charge on any atom is 0.269 e. The number of pyridine rings is 1. The summed E-state index contributed by atoms with van der Waals surface area (Å²) < 4.78 is 0.825. The quantitative estimate of drug-likeness (QED) is 0.528. The lowest BCUT2D eigenvalue weighted by Gasteiger charge is -2.08. The van der Waals surface area contributed by atoms with Gasteiger partial charge in [-0.2, -0.15) is 5.26 Å². The van der Waals surface area contributed by atoms with Gasteiger partial charge in [-0.3, -0.25) is 14.9 Å². The fourth-order valence-electron chi connectivity index (χ4n) is 2.47. The Labute approximate surface area is 150 Å². The summed E-state index contributed by atoms with van der Waals surface area (Å²) in [5.41, 5.74) is 1.79. The van der Waals surface area contributed by atoms with Gasteiger partial charge in [0.1, 0.15) is 11.6 Å². The van der Waals surface area contributed by atoms with Crippen molar-refractivity contribution in [3.63, 3.8) is 0 Å². The lowest BCUT2D eigenvalue weighted by Crippen LogP contribution is -2.12. The molecule has 1 heterocycles. The van der Waals surface area contributed by atoms with Crippen LogP contribution >= 0.6 is 15.9 Å². The predicted molar refractivity (Wildman–Crippen MR) is 97.0 cm³/mol. The molecule has 0 fully saturated rings. The van der Waals surface area contributed by atoms with E-state index in [4.69, 9.17) is 0 Å². The van der Waals surface area contributed by atoms with Crippen molar-refractivity contribution >= 4 is 21.6 Å². The van der Waals surface area contributed by atoms with Gasteiger partial charge in [-0.1, -0.05) is 28.1 Å². The molecule has 25 heavy (non-hydrogen) atoms. The molecule has 6 nitrogen and oxygen atoms in total. The normalized spacial score (nSPS) is 10.2. The third-order valence-electron chi connectivity index (χ3n) is 3.67. The Hall–Kier alpha value is -3.24. The number of aromatic nitrogens is 1. The van der Waals surface area contributed by atoms with Gasteiger partial charge in [-0.25, -0.2) is 0 Å². The van der Waals surface area contributed by atoms with E-state index in [0.717, 1.165) is 10.0 Å². The van der Waals surface area contributed by atoms with Crippen LogP contribution in [0.25, 0.3) is 22.4 Å². The number of nitrogens with zero attached hydrogens (tertiary/aromatic N) is 2. The Balaban J connectivity index is 2.18. The Morgan fingerprint density at radius 1 is 1.08 bits per heavy atom. The second-order valence-electron chi connectivity index (χ2n) is 5.23. The molecule has 0 atom stereocenters. The minimum Gasteiger partial charge on any atom is -0.321 e. The summed E-state index contributed by atoms with van der Waals surface area (Å²) in [5.74, 6) is 0. The molecule has 0 aliphatic heterocycles. The zero-order valence-electron chi connectivity index (χ0n) is 12.7. The van der Waals surface area contributed by atoms with Crippen LogP contribution in [0, 0.1) is 21.4 Å². The Morgan fingerprint density at radius 2 is 1.80 bits per heavy atom. The molecular weight excluding hydrogens is 386 g/mol. The highest BCUT2D eigenvalue weighted by atomic mass is 79.9. The standard InChI is InChI=1S/C18H10BrN3O3/c19-13-3-1-2-12(8-13)15-9-17(21-18(23)16(15)10-20)11-4-6-14(7-5-11)22(24)25/h1-9H,(H,21,23). The maximum absolute atomic E-state index is 12.3. The van der Waals surface area contributed by atoms with Crippen LogP contribution in [0.3, 0.4) is 0 Å². The van der Waals surface area contributed by atoms with E-state index < -0.39 is 10.5 Å².